The third-order valence-corrected chi connectivity index (χ3v) is 10.0. The van der Waals surface area contributed by atoms with Crippen molar-refractivity contribution in [2.45, 2.75) is 0 Å². The van der Waals surface area contributed by atoms with Crippen molar-refractivity contribution in [1.29, 1.82) is 0 Å². The van der Waals surface area contributed by atoms with Crippen LogP contribution in [0.2, 0.25) is 0 Å². The Morgan fingerprint density at radius 2 is 1.33 bits per heavy atom. The quantitative estimate of drug-likeness (QED) is 0.530. The molecule has 1 fully saturated rings. The molecule has 0 radical (unpaired) electrons. The van der Waals surface area contributed by atoms with Gasteiger partial charge >= 0.3 is 49.9 Å². The standard InChI is InChI=1S/O4Te2/c1-5-3-6(2)4-5. The van der Waals surface area contributed by atoms with Crippen LogP contribution in [-0.2, 0) is 9.14 Å². The molecule has 1 aliphatic heterocycles. The summed E-state index contributed by atoms with van der Waals surface area (Å²) in [5.74, 6) is 0. The van der Waals surface area contributed by atoms with Gasteiger partial charge in [-0.05, 0) is 0 Å². The number of hydrogen-bond acceptors (Lipinski definition) is 4. The van der Waals surface area contributed by atoms with Gasteiger partial charge in [-0.3, -0.25) is 0 Å². The Hall–Kier alpha value is 1.10. The van der Waals surface area contributed by atoms with Gasteiger partial charge in [0.2, 0.25) is 0 Å². The molecular weight excluding hydrogens is 319 g/mol. The van der Waals surface area contributed by atoms with Gasteiger partial charge in [0, 0.05) is 0 Å². The molecule has 1 saturated heterocycles. The topological polar surface area (TPSA) is 52.6 Å². The molecule has 1 rings (SSSR count). The van der Waals surface area contributed by atoms with Gasteiger partial charge in [-0.1, -0.05) is 0 Å². The number of rotatable bonds is 0. The van der Waals surface area contributed by atoms with Crippen LogP contribution < -0.4 is 0 Å². The first-order chi connectivity index (χ1) is 2.79. The predicted octanol–water partition coefficient (Wildman–Crippen LogP) is -1.14. The van der Waals surface area contributed by atoms with Gasteiger partial charge in [0.05, 0.1) is 0 Å². The van der Waals surface area contributed by atoms with Gasteiger partial charge in [-0.15, -0.1) is 0 Å². The normalized spacial score (nSPS) is 26.7. The summed E-state index contributed by atoms with van der Waals surface area (Å²) in [6, 6.07) is 0. The van der Waals surface area contributed by atoms with E-state index in [-0.39, 0.29) is 0 Å². The molecular formula is O4Te2. The summed E-state index contributed by atoms with van der Waals surface area (Å²) < 4.78 is 27.8. The molecule has 0 unspecified atom stereocenters. The van der Waals surface area contributed by atoms with Crippen molar-refractivity contribution in [3.8, 4) is 0 Å². The van der Waals surface area contributed by atoms with E-state index >= 15 is 0 Å². The van der Waals surface area contributed by atoms with Crippen molar-refractivity contribution in [1.82, 2.24) is 0 Å². The second kappa shape index (κ2) is 1.92. The molecule has 1 heterocycles. The number of hydrogen-bond donors (Lipinski definition) is 0. The van der Waals surface area contributed by atoms with E-state index in [0.717, 1.165) is 0 Å². The summed E-state index contributed by atoms with van der Waals surface area (Å²) in [7, 11) is 0. The maximum atomic E-state index is 9.76. The van der Waals surface area contributed by atoms with Gasteiger partial charge in [0.25, 0.3) is 0 Å². The first-order valence-corrected chi connectivity index (χ1v) is 6.71. The Bertz CT molecular complexity index is 82.1. The molecule has 0 aromatic rings. The van der Waals surface area contributed by atoms with Crippen molar-refractivity contribution in [3.63, 3.8) is 0 Å². The Morgan fingerprint density at radius 3 is 1.33 bits per heavy atom. The van der Waals surface area contributed by atoms with Crippen LogP contribution in [0, 0.1) is 0 Å². The zero-order valence-electron chi connectivity index (χ0n) is 2.45. The van der Waals surface area contributed by atoms with Gasteiger partial charge in [-0.25, -0.2) is 0 Å². The van der Waals surface area contributed by atoms with E-state index in [9.17, 15) is 6.21 Å². The summed E-state index contributed by atoms with van der Waals surface area (Å²) in [5, 5.41) is 0. The molecule has 0 spiro atoms. The van der Waals surface area contributed by atoms with Gasteiger partial charge in [0.15, 0.2) is 0 Å². The third-order valence-electron chi connectivity index (χ3n) is 0.222. The van der Waals surface area contributed by atoms with E-state index in [2.05, 4.69) is 2.93 Å². The van der Waals surface area contributed by atoms with Crippen LogP contribution in [0.25, 0.3) is 0 Å². The second-order valence-electron chi connectivity index (χ2n) is 0.544. The monoisotopic (exact) mass is 324 g/mol. The fourth-order valence-corrected chi connectivity index (χ4v) is 4.31. The van der Waals surface area contributed by atoms with E-state index in [1.54, 1.807) is 0 Å². The summed E-state index contributed by atoms with van der Waals surface area (Å²) in [4.78, 5) is 0. The minimum absolute atomic E-state index is 2.75. The van der Waals surface area contributed by atoms with Crippen LogP contribution in [0.1, 0.15) is 0 Å². The van der Waals surface area contributed by atoms with Crippen LogP contribution in [0.15, 0.2) is 0 Å². The van der Waals surface area contributed by atoms with Crippen molar-refractivity contribution in [2.24, 2.45) is 0 Å². The molecule has 36 valence electrons. The molecule has 0 N–H and O–H groups in total. The minimum atomic E-state index is -2.75. The predicted molar refractivity (Wildman–Crippen MR) is 15.1 cm³/mol. The van der Waals surface area contributed by atoms with E-state index in [1.807, 2.05) is 0 Å². The van der Waals surface area contributed by atoms with Gasteiger partial charge < -0.3 is 0 Å². The van der Waals surface area contributed by atoms with E-state index in [1.165, 1.54) is 0 Å². The molecule has 0 aromatic carbocycles. The Labute approximate surface area is 49.6 Å². The fraction of sp³-hybridized carbons (Fsp3) is 0. The fourth-order valence-electron chi connectivity index (χ4n) is 0.0958. The molecule has 4 nitrogen and oxygen atoms in total. The Kier molecular flexibility index (Phi) is 1.67. The molecule has 0 aliphatic carbocycles. The average Bonchev–Trinajstić information content (AvgIpc) is 1.33. The van der Waals surface area contributed by atoms with Crippen molar-refractivity contribution in [3.05, 3.63) is 0 Å². The van der Waals surface area contributed by atoms with Crippen LogP contribution >= 0.6 is 0 Å². The zero-order chi connectivity index (χ0) is 4.57. The molecule has 6 heavy (non-hydrogen) atoms. The molecule has 0 saturated carbocycles. The molecule has 0 amide bonds. The summed E-state index contributed by atoms with van der Waals surface area (Å²) in [6.07, 6.45) is 0. The van der Waals surface area contributed by atoms with E-state index in [4.69, 9.17) is 0 Å². The van der Waals surface area contributed by atoms with Crippen LogP contribution in [-0.4, -0.2) is 40.7 Å². The molecule has 6 heteroatoms. The van der Waals surface area contributed by atoms with Crippen molar-refractivity contribution in [2.75, 3.05) is 0 Å². The van der Waals surface area contributed by atoms with Crippen LogP contribution in [0.3, 0.4) is 0 Å². The first-order valence-electron chi connectivity index (χ1n) is 1.00. The summed E-state index contributed by atoms with van der Waals surface area (Å²) >= 11 is -5.51. The third kappa shape index (κ3) is 1.03. The molecule has 0 atom stereocenters. The van der Waals surface area contributed by atoms with Crippen molar-refractivity contribution >= 4 is 40.7 Å². The average molecular weight is 319 g/mol. The zero-order valence-corrected chi connectivity index (χ0v) is 7.11. The maximum absolute atomic E-state index is 9.76. The Morgan fingerprint density at radius 1 is 1.00 bits per heavy atom. The van der Waals surface area contributed by atoms with Crippen LogP contribution in [0.4, 0.5) is 0 Å². The van der Waals surface area contributed by atoms with E-state index in [0.29, 0.717) is 0 Å². The summed E-state index contributed by atoms with van der Waals surface area (Å²) in [5.41, 5.74) is 0. The SMILES string of the molecule is O=[Te]1O[Te](=O)O1. The second-order valence-corrected chi connectivity index (χ2v) is 8.86. The van der Waals surface area contributed by atoms with Crippen molar-refractivity contribution < 1.29 is 9.14 Å². The molecule has 1 aliphatic rings. The summed E-state index contributed by atoms with van der Waals surface area (Å²) in [6.45, 7) is 0. The van der Waals surface area contributed by atoms with E-state index < -0.39 is 40.7 Å². The molecule has 0 bridgehead atoms. The Balaban J connectivity index is 2.47. The molecule has 0 aromatic heterocycles. The first kappa shape index (κ1) is 5.24. The van der Waals surface area contributed by atoms with Gasteiger partial charge in [-0.2, -0.15) is 0 Å². The van der Waals surface area contributed by atoms with Gasteiger partial charge in [0.1, 0.15) is 0 Å². The van der Waals surface area contributed by atoms with Crippen LogP contribution in [0.5, 0.6) is 0 Å².